The van der Waals surface area contributed by atoms with Crippen molar-refractivity contribution in [1.29, 1.82) is 0 Å². The molecular weight excluding hydrogens is 375 g/mol. The van der Waals surface area contributed by atoms with Crippen molar-refractivity contribution in [3.8, 4) is 0 Å². The third kappa shape index (κ3) is 6.33. The minimum Gasteiger partial charge on any atom is -0.373 e. The minimum atomic E-state index is -0.330. The van der Waals surface area contributed by atoms with Crippen LogP contribution in [0.2, 0.25) is 0 Å². The number of morpholine rings is 1. The number of hydrogen-bond acceptors (Lipinski definition) is 5. The Kier molecular flexibility index (Phi) is 7.33. The van der Waals surface area contributed by atoms with E-state index in [2.05, 4.69) is 29.2 Å². The lowest BCUT2D eigenvalue weighted by Gasteiger charge is -2.35. The number of nitrogens with one attached hydrogen (secondary N) is 1. The van der Waals surface area contributed by atoms with Gasteiger partial charge in [-0.1, -0.05) is 12.1 Å². The molecule has 3 rings (SSSR count). The monoisotopic (exact) mass is 404 g/mol. The van der Waals surface area contributed by atoms with Crippen molar-refractivity contribution < 1.29 is 18.7 Å². The highest BCUT2D eigenvalue weighted by Gasteiger charge is 2.25. The molecule has 7 nitrogen and oxygen atoms in total. The van der Waals surface area contributed by atoms with E-state index in [-0.39, 0.29) is 42.8 Å². The SMILES string of the molecule is CC1CN(CCCNC(=O)C2=NN(Cc3ccc(F)cc3)C(=O)CC2)CC(C)O1. The molecule has 0 saturated carbocycles. The van der Waals surface area contributed by atoms with Gasteiger partial charge in [0.1, 0.15) is 11.5 Å². The first kappa shape index (κ1) is 21.4. The fraction of sp³-hybridized carbons (Fsp3) is 0.571. The largest absolute Gasteiger partial charge is 0.373 e. The van der Waals surface area contributed by atoms with Gasteiger partial charge in [0.2, 0.25) is 5.91 Å². The summed E-state index contributed by atoms with van der Waals surface area (Å²) in [5, 5.41) is 8.44. The maximum atomic E-state index is 13.0. The van der Waals surface area contributed by atoms with Gasteiger partial charge in [-0.05, 0) is 38.0 Å². The summed E-state index contributed by atoms with van der Waals surface area (Å²) < 4.78 is 18.8. The number of carbonyl (C=O) groups is 2. The fourth-order valence-electron chi connectivity index (χ4n) is 3.72. The molecule has 1 N–H and O–H groups in total. The van der Waals surface area contributed by atoms with Crippen molar-refractivity contribution in [1.82, 2.24) is 15.2 Å². The molecule has 2 atom stereocenters. The number of nitrogens with zero attached hydrogens (tertiary/aromatic N) is 3. The summed E-state index contributed by atoms with van der Waals surface area (Å²) in [7, 11) is 0. The van der Waals surface area contributed by atoms with Crippen molar-refractivity contribution in [2.75, 3.05) is 26.2 Å². The van der Waals surface area contributed by atoms with E-state index in [1.165, 1.54) is 17.1 Å². The lowest BCUT2D eigenvalue weighted by Crippen LogP contribution is -2.46. The number of halogens is 1. The maximum Gasteiger partial charge on any atom is 0.267 e. The van der Waals surface area contributed by atoms with Crippen LogP contribution in [-0.4, -0.2) is 65.8 Å². The van der Waals surface area contributed by atoms with E-state index in [1.54, 1.807) is 12.1 Å². The normalized spacial score (nSPS) is 23.1. The van der Waals surface area contributed by atoms with Gasteiger partial charge in [-0.3, -0.25) is 14.5 Å². The van der Waals surface area contributed by atoms with Gasteiger partial charge in [0.15, 0.2) is 0 Å². The van der Waals surface area contributed by atoms with E-state index >= 15 is 0 Å². The number of benzene rings is 1. The summed E-state index contributed by atoms with van der Waals surface area (Å²) in [6.45, 7) is 7.65. The van der Waals surface area contributed by atoms with Gasteiger partial charge in [-0.25, -0.2) is 9.40 Å². The molecule has 0 aliphatic carbocycles. The number of ether oxygens (including phenoxy) is 1. The Bertz CT molecular complexity index is 743. The zero-order valence-electron chi connectivity index (χ0n) is 17.1. The van der Waals surface area contributed by atoms with E-state index in [9.17, 15) is 14.0 Å². The third-order valence-corrected chi connectivity index (χ3v) is 5.04. The molecule has 8 heteroatoms. The van der Waals surface area contributed by atoms with Crippen LogP contribution in [0.15, 0.2) is 29.4 Å². The molecule has 1 fully saturated rings. The van der Waals surface area contributed by atoms with Crippen LogP contribution >= 0.6 is 0 Å². The highest BCUT2D eigenvalue weighted by atomic mass is 19.1. The van der Waals surface area contributed by atoms with Crippen LogP contribution < -0.4 is 5.32 Å². The Morgan fingerprint density at radius 3 is 2.59 bits per heavy atom. The number of amides is 2. The van der Waals surface area contributed by atoms with Gasteiger partial charge < -0.3 is 10.1 Å². The maximum absolute atomic E-state index is 13.0. The van der Waals surface area contributed by atoms with Gasteiger partial charge in [-0.15, -0.1) is 0 Å². The van der Waals surface area contributed by atoms with Crippen molar-refractivity contribution >= 4 is 17.5 Å². The van der Waals surface area contributed by atoms with Gasteiger partial charge >= 0.3 is 0 Å². The summed E-state index contributed by atoms with van der Waals surface area (Å²) in [5.74, 6) is -0.699. The van der Waals surface area contributed by atoms with Gasteiger partial charge in [-0.2, -0.15) is 5.10 Å². The zero-order valence-corrected chi connectivity index (χ0v) is 17.1. The molecule has 2 amide bonds. The van der Waals surface area contributed by atoms with Crippen LogP contribution in [-0.2, 0) is 20.9 Å². The highest BCUT2D eigenvalue weighted by molar-refractivity contribution is 6.39. The Labute approximate surface area is 170 Å². The number of carbonyl (C=O) groups excluding carboxylic acids is 2. The summed E-state index contributed by atoms with van der Waals surface area (Å²) in [5.41, 5.74) is 1.12. The highest BCUT2D eigenvalue weighted by Crippen LogP contribution is 2.14. The first-order chi connectivity index (χ1) is 13.9. The minimum absolute atomic E-state index is 0.138. The molecule has 2 aliphatic heterocycles. The van der Waals surface area contributed by atoms with Crippen molar-refractivity contribution in [2.24, 2.45) is 5.10 Å². The van der Waals surface area contributed by atoms with E-state index in [1.807, 2.05) is 0 Å². The van der Waals surface area contributed by atoms with Crippen LogP contribution in [0, 0.1) is 5.82 Å². The second kappa shape index (κ2) is 9.93. The van der Waals surface area contributed by atoms with Crippen molar-refractivity contribution in [3.05, 3.63) is 35.6 Å². The van der Waals surface area contributed by atoms with Crippen LogP contribution in [0.3, 0.4) is 0 Å². The number of rotatable bonds is 7. The number of hydrogen-bond donors (Lipinski definition) is 1. The Morgan fingerprint density at radius 1 is 1.21 bits per heavy atom. The molecule has 2 heterocycles. The summed E-state index contributed by atoms with van der Waals surface area (Å²) >= 11 is 0. The van der Waals surface area contributed by atoms with E-state index in [0.29, 0.717) is 18.7 Å². The Hall–Kier alpha value is -2.32. The predicted octanol–water partition coefficient (Wildman–Crippen LogP) is 1.92. The fourth-order valence-corrected chi connectivity index (χ4v) is 3.72. The average molecular weight is 404 g/mol. The molecule has 1 saturated heterocycles. The summed E-state index contributed by atoms with van der Waals surface area (Å²) in [4.78, 5) is 26.9. The smallest absolute Gasteiger partial charge is 0.267 e. The molecule has 0 radical (unpaired) electrons. The molecule has 29 heavy (non-hydrogen) atoms. The van der Waals surface area contributed by atoms with Crippen LogP contribution in [0.5, 0.6) is 0 Å². The van der Waals surface area contributed by atoms with Gasteiger partial charge in [0, 0.05) is 39.0 Å². The second-order valence-corrected chi connectivity index (χ2v) is 7.75. The average Bonchev–Trinajstić information content (AvgIpc) is 2.68. The first-order valence-corrected chi connectivity index (χ1v) is 10.2. The molecule has 2 aliphatic rings. The Balaban J connectivity index is 1.46. The number of hydrazone groups is 1. The molecule has 0 spiro atoms. The van der Waals surface area contributed by atoms with Crippen molar-refractivity contribution in [3.63, 3.8) is 0 Å². The molecule has 1 aromatic carbocycles. The van der Waals surface area contributed by atoms with Crippen LogP contribution in [0.1, 0.15) is 38.7 Å². The second-order valence-electron chi connectivity index (χ2n) is 7.75. The molecule has 0 bridgehead atoms. The molecule has 0 aromatic heterocycles. The third-order valence-electron chi connectivity index (χ3n) is 5.04. The molecular formula is C21H29FN4O3. The van der Waals surface area contributed by atoms with E-state index in [4.69, 9.17) is 4.74 Å². The van der Waals surface area contributed by atoms with Crippen LogP contribution in [0.4, 0.5) is 4.39 Å². The molecule has 2 unspecified atom stereocenters. The predicted molar refractivity (Wildman–Crippen MR) is 108 cm³/mol. The quantitative estimate of drug-likeness (QED) is 0.705. The molecule has 158 valence electrons. The lowest BCUT2D eigenvalue weighted by molar-refractivity contribution is -0.132. The summed E-state index contributed by atoms with van der Waals surface area (Å²) in [6, 6.07) is 5.91. The van der Waals surface area contributed by atoms with Gasteiger partial charge in [0.05, 0.1) is 18.8 Å². The Morgan fingerprint density at radius 2 is 1.90 bits per heavy atom. The lowest BCUT2D eigenvalue weighted by atomic mass is 10.1. The standard InChI is InChI=1S/C21H29FN4O3/c1-15-12-25(13-16(2)29-15)11-3-10-23-21(28)19-8-9-20(27)26(24-19)14-17-4-6-18(22)7-5-17/h4-7,15-16H,3,8-14H2,1-2H3,(H,23,28). The van der Waals surface area contributed by atoms with E-state index < -0.39 is 0 Å². The van der Waals surface area contributed by atoms with E-state index in [0.717, 1.165) is 31.6 Å². The molecule has 1 aromatic rings. The van der Waals surface area contributed by atoms with Crippen molar-refractivity contribution in [2.45, 2.75) is 51.9 Å². The zero-order chi connectivity index (χ0) is 20.8. The van der Waals surface area contributed by atoms with Gasteiger partial charge in [0.25, 0.3) is 5.91 Å². The summed E-state index contributed by atoms with van der Waals surface area (Å²) in [6.07, 6.45) is 1.89. The topological polar surface area (TPSA) is 74.2 Å². The van der Waals surface area contributed by atoms with Crippen LogP contribution in [0.25, 0.3) is 0 Å². The first-order valence-electron chi connectivity index (χ1n) is 10.2.